The van der Waals surface area contributed by atoms with Crippen LogP contribution >= 0.6 is 0 Å². The van der Waals surface area contributed by atoms with Crippen molar-refractivity contribution in [2.75, 3.05) is 0 Å². The monoisotopic (exact) mass is 658 g/mol. The van der Waals surface area contributed by atoms with Crippen molar-refractivity contribution >= 4 is 58.9 Å². The van der Waals surface area contributed by atoms with Crippen LogP contribution in [0.25, 0.3) is 21.5 Å². The molecule has 0 saturated carbocycles. The van der Waals surface area contributed by atoms with E-state index in [2.05, 4.69) is 198 Å². The molecule has 0 N–H and O–H groups in total. The number of hydrogen-bond donors (Lipinski definition) is 0. The summed E-state index contributed by atoms with van der Waals surface area (Å²) in [6.07, 6.45) is 0. The minimum absolute atomic E-state index is 0.0466. The lowest BCUT2D eigenvalue weighted by Crippen LogP contribution is -2.61. The van der Waals surface area contributed by atoms with Crippen LogP contribution in [0.15, 0.2) is 164 Å². The molecule has 0 aliphatic heterocycles. The van der Waals surface area contributed by atoms with E-state index in [1.165, 1.54) is 26.3 Å². The fourth-order valence-electron chi connectivity index (χ4n) is 6.79. The van der Waals surface area contributed by atoms with E-state index in [0.717, 1.165) is 33.0 Å². The number of hydrogen-bond acceptors (Lipinski definition) is 2. The Morgan fingerprint density at radius 1 is 0.375 bits per heavy atom. The van der Waals surface area contributed by atoms with E-state index in [1.54, 1.807) is 0 Å². The minimum atomic E-state index is -2.74. The SMILES string of the molecule is CC(C)(C)c1ccc2c(O[Si](C)(c3ccccc3)c3ccccc3)c3ccccc3c(O[Si](C)(c3ccccc3)c3ccccc3)c2c1. The first-order chi connectivity index (χ1) is 23.2. The second-order valence-electron chi connectivity index (χ2n) is 13.9. The topological polar surface area (TPSA) is 18.5 Å². The predicted molar refractivity (Wildman–Crippen MR) is 209 cm³/mol. The highest BCUT2D eigenvalue weighted by atomic mass is 28.4. The summed E-state index contributed by atoms with van der Waals surface area (Å²) in [6.45, 7) is 11.5. The minimum Gasteiger partial charge on any atom is -0.534 e. The molecule has 7 aromatic carbocycles. The second kappa shape index (κ2) is 12.6. The Bertz CT molecular complexity index is 2100. The second-order valence-corrected chi connectivity index (χ2v) is 20.8. The van der Waals surface area contributed by atoms with Gasteiger partial charge < -0.3 is 8.85 Å². The lowest BCUT2D eigenvalue weighted by Gasteiger charge is -2.33. The van der Waals surface area contributed by atoms with Gasteiger partial charge in [0.15, 0.2) is 0 Å². The molecule has 238 valence electrons. The van der Waals surface area contributed by atoms with E-state index in [1.807, 2.05) is 0 Å². The smallest absolute Gasteiger partial charge is 0.311 e. The zero-order valence-corrected chi connectivity index (χ0v) is 30.4. The summed E-state index contributed by atoms with van der Waals surface area (Å²) in [7, 11) is -5.47. The molecule has 7 aromatic rings. The maximum Gasteiger partial charge on any atom is 0.311 e. The average Bonchev–Trinajstić information content (AvgIpc) is 3.13. The third-order valence-electron chi connectivity index (χ3n) is 9.70. The number of fused-ring (bicyclic) bond motifs is 2. The molecule has 0 aliphatic carbocycles. The van der Waals surface area contributed by atoms with Crippen molar-refractivity contribution in [3.63, 3.8) is 0 Å². The van der Waals surface area contributed by atoms with Crippen LogP contribution in [0.3, 0.4) is 0 Å². The van der Waals surface area contributed by atoms with Gasteiger partial charge in [-0.3, -0.25) is 0 Å². The first-order valence-electron chi connectivity index (χ1n) is 16.8. The molecular formula is C44H42O2Si2. The van der Waals surface area contributed by atoms with Crippen molar-refractivity contribution in [2.24, 2.45) is 0 Å². The highest BCUT2D eigenvalue weighted by Crippen LogP contribution is 2.45. The summed E-state index contributed by atoms with van der Waals surface area (Å²) in [6, 6.07) is 58.5. The summed E-state index contributed by atoms with van der Waals surface area (Å²) < 4.78 is 15.2. The molecule has 0 radical (unpaired) electrons. The van der Waals surface area contributed by atoms with Crippen molar-refractivity contribution < 1.29 is 8.85 Å². The van der Waals surface area contributed by atoms with Crippen LogP contribution in [-0.2, 0) is 5.41 Å². The van der Waals surface area contributed by atoms with Crippen LogP contribution in [-0.4, -0.2) is 16.6 Å². The van der Waals surface area contributed by atoms with Gasteiger partial charge in [0.1, 0.15) is 11.5 Å². The van der Waals surface area contributed by atoms with Crippen LogP contribution in [0.5, 0.6) is 11.5 Å². The Morgan fingerprint density at radius 2 is 0.688 bits per heavy atom. The van der Waals surface area contributed by atoms with E-state index in [-0.39, 0.29) is 5.41 Å². The Balaban J connectivity index is 1.53. The zero-order chi connectivity index (χ0) is 33.4. The van der Waals surface area contributed by atoms with Gasteiger partial charge in [-0.1, -0.05) is 178 Å². The summed E-state index contributed by atoms with van der Waals surface area (Å²) in [5.74, 6) is 1.83. The standard InChI is InChI=1S/C44H42O2Si2/c1-44(2,3)33-30-31-40-41(32-33)43(46-48(5,36-24-14-8-15-25-36)37-26-16-9-17-27-37)39-29-19-18-28-38(39)42(40)45-47(4,34-20-10-6-11-21-34)35-22-12-7-13-23-35/h6-32H,1-5H3. The Labute approximate surface area is 286 Å². The van der Waals surface area contributed by atoms with Crippen molar-refractivity contribution in [2.45, 2.75) is 39.3 Å². The highest BCUT2D eigenvalue weighted by Gasteiger charge is 2.40. The molecule has 4 heteroatoms. The number of benzene rings is 7. The van der Waals surface area contributed by atoms with Gasteiger partial charge in [0.25, 0.3) is 0 Å². The van der Waals surface area contributed by atoms with Gasteiger partial charge in [0, 0.05) is 21.5 Å². The lowest BCUT2D eigenvalue weighted by molar-refractivity contribution is 0.572. The summed E-state index contributed by atoms with van der Waals surface area (Å²) in [5, 5.41) is 9.20. The molecular weight excluding hydrogens is 617 g/mol. The van der Waals surface area contributed by atoms with Crippen LogP contribution in [0, 0.1) is 0 Å². The third kappa shape index (κ3) is 5.76. The van der Waals surface area contributed by atoms with Crippen LogP contribution in [0.4, 0.5) is 0 Å². The van der Waals surface area contributed by atoms with Gasteiger partial charge in [0.05, 0.1) is 0 Å². The van der Waals surface area contributed by atoms with Gasteiger partial charge in [-0.25, -0.2) is 0 Å². The largest absolute Gasteiger partial charge is 0.534 e. The quantitative estimate of drug-likeness (QED) is 0.120. The lowest BCUT2D eigenvalue weighted by atomic mass is 9.85. The van der Waals surface area contributed by atoms with Crippen LogP contribution in [0.1, 0.15) is 26.3 Å². The van der Waals surface area contributed by atoms with Gasteiger partial charge in [-0.15, -0.1) is 0 Å². The molecule has 0 unspecified atom stereocenters. The van der Waals surface area contributed by atoms with Gasteiger partial charge in [-0.05, 0) is 50.9 Å². The molecule has 0 amide bonds. The summed E-state index contributed by atoms with van der Waals surface area (Å²) in [4.78, 5) is 0. The van der Waals surface area contributed by atoms with Gasteiger partial charge in [0.2, 0.25) is 0 Å². The van der Waals surface area contributed by atoms with Crippen LogP contribution in [0.2, 0.25) is 13.1 Å². The van der Waals surface area contributed by atoms with Crippen molar-refractivity contribution in [1.82, 2.24) is 0 Å². The first-order valence-corrected chi connectivity index (χ1v) is 21.6. The molecule has 0 spiro atoms. The summed E-state index contributed by atoms with van der Waals surface area (Å²) in [5.41, 5.74) is 1.21. The maximum absolute atomic E-state index is 7.62. The molecule has 2 nitrogen and oxygen atoms in total. The molecule has 7 rings (SSSR count). The molecule has 0 bridgehead atoms. The normalized spacial score (nSPS) is 12.3. The fourth-order valence-corrected chi connectivity index (χ4v) is 12.5. The molecule has 0 atom stereocenters. The summed E-state index contributed by atoms with van der Waals surface area (Å²) >= 11 is 0. The van der Waals surface area contributed by atoms with Gasteiger partial charge in [-0.2, -0.15) is 0 Å². The van der Waals surface area contributed by atoms with E-state index >= 15 is 0 Å². The Hall–Kier alpha value is -4.91. The molecule has 0 heterocycles. The fraction of sp³-hybridized carbons (Fsp3) is 0.136. The molecule has 0 saturated heterocycles. The molecule has 0 aromatic heterocycles. The molecule has 48 heavy (non-hydrogen) atoms. The van der Waals surface area contributed by atoms with Crippen LogP contribution < -0.4 is 29.6 Å². The van der Waals surface area contributed by atoms with Crippen molar-refractivity contribution in [3.05, 3.63) is 169 Å². The van der Waals surface area contributed by atoms with E-state index in [0.29, 0.717) is 0 Å². The predicted octanol–water partition coefficient (Wildman–Crippen LogP) is 8.83. The van der Waals surface area contributed by atoms with E-state index < -0.39 is 16.6 Å². The first kappa shape index (κ1) is 31.7. The Morgan fingerprint density at radius 3 is 1.04 bits per heavy atom. The number of rotatable bonds is 8. The Kier molecular flexibility index (Phi) is 8.32. The average molecular weight is 659 g/mol. The van der Waals surface area contributed by atoms with Gasteiger partial charge >= 0.3 is 16.6 Å². The molecule has 0 aliphatic rings. The van der Waals surface area contributed by atoms with E-state index in [9.17, 15) is 0 Å². The molecule has 0 fully saturated rings. The van der Waals surface area contributed by atoms with E-state index in [4.69, 9.17) is 8.85 Å². The van der Waals surface area contributed by atoms with Crippen molar-refractivity contribution in [3.8, 4) is 11.5 Å². The highest BCUT2D eigenvalue weighted by molar-refractivity contribution is 6.97. The third-order valence-corrected chi connectivity index (χ3v) is 16.7. The van der Waals surface area contributed by atoms with Crippen molar-refractivity contribution in [1.29, 1.82) is 0 Å². The maximum atomic E-state index is 7.62. The zero-order valence-electron chi connectivity index (χ0n) is 28.4.